The molecule has 0 spiro atoms. The third-order valence-electron chi connectivity index (χ3n) is 5.32. The maximum absolute atomic E-state index is 12.4. The van der Waals surface area contributed by atoms with Gasteiger partial charge in [-0.3, -0.25) is 4.79 Å². The molecule has 0 heterocycles. The van der Waals surface area contributed by atoms with Crippen molar-refractivity contribution in [2.45, 2.75) is 69.9 Å². The van der Waals surface area contributed by atoms with Crippen LogP contribution in [0.1, 0.15) is 63.9 Å². The lowest BCUT2D eigenvalue weighted by molar-refractivity contribution is -0.148. The zero-order valence-electron chi connectivity index (χ0n) is 16.5. The number of carbonyl (C=O) groups excluding carboxylic acids is 2. The predicted octanol–water partition coefficient (Wildman–Crippen LogP) is 2.90. The Labute approximate surface area is 166 Å². The topological polar surface area (TPSA) is 108 Å². The van der Waals surface area contributed by atoms with Crippen LogP contribution >= 0.6 is 0 Å². The average Bonchev–Trinajstić information content (AvgIpc) is 2.70. The van der Waals surface area contributed by atoms with Crippen LogP contribution in [0.3, 0.4) is 0 Å². The van der Waals surface area contributed by atoms with Gasteiger partial charge in [0.25, 0.3) is 0 Å². The summed E-state index contributed by atoms with van der Waals surface area (Å²) < 4.78 is 0. The van der Waals surface area contributed by atoms with E-state index in [2.05, 4.69) is 16.0 Å². The van der Waals surface area contributed by atoms with Crippen LogP contribution in [0.25, 0.3) is 0 Å². The van der Waals surface area contributed by atoms with Gasteiger partial charge in [-0.15, -0.1) is 0 Å². The van der Waals surface area contributed by atoms with E-state index in [-0.39, 0.29) is 30.8 Å². The van der Waals surface area contributed by atoms with Gasteiger partial charge in [-0.25, -0.2) is 9.59 Å². The molecule has 0 radical (unpaired) electrons. The molecule has 3 amide bonds. The summed E-state index contributed by atoms with van der Waals surface area (Å²) in [6.07, 6.45) is 6.38. The molecule has 1 aromatic rings. The highest BCUT2D eigenvalue weighted by molar-refractivity contribution is 5.88. The van der Waals surface area contributed by atoms with Gasteiger partial charge in [-0.05, 0) is 31.2 Å². The fraction of sp³-hybridized carbons (Fsp3) is 0.571. The highest BCUT2D eigenvalue weighted by Gasteiger charge is 2.39. The smallest absolute Gasteiger partial charge is 0.334 e. The minimum Gasteiger partial charge on any atom is -0.479 e. The number of hydrogen-bond donors (Lipinski definition) is 4. The lowest BCUT2D eigenvalue weighted by Gasteiger charge is -2.30. The number of carboxylic acids is 1. The Balaban J connectivity index is 1.78. The largest absolute Gasteiger partial charge is 0.479 e. The van der Waals surface area contributed by atoms with Crippen molar-refractivity contribution >= 4 is 17.9 Å². The number of carbonyl (C=O) groups is 3. The number of nitrogens with one attached hydrogen (secondary N) is 3. The fourth-order valence-corrected chi connectivity index (χ4v) is 3.65. The van der Waals surface area contributed by atoms with E-state index in [4.69, 9.17) is 0 Å². The van der Waals surface area contributed by atoms with E-state index in [0.29, 0.717) is 18.5 Å². The molecule has 28 heavy (non-hydrogen) atoms. The van der Waals surface area contributed by atoms with Gasteiger partial charge in [-0.2, -0.15) is 0 Å². The van der Waals surface area contributed by atoms with E-state index >= 15 is 0 Å². The Morgan fingerprint density at radius 1 is 1.11 bits per heavy atom. The number of hydrogen-bond acceptors (Lipinski definition) is 3. The van der Waals surface area contributed by atoms with E-state index in [0.717, 1.165) is 25.7 Å². The summed E-state index contributed by atoms with van der Waals surface area (Å²) in [5.74, 6) is -1.43. The van der Waals surface area contributed by atoms with Crippen molar-refractivity contribution in [1.29, 1.82) is 0 Å². The molecule has 7 nitrogen and oxygen atoms in total. The Kier molecular flexibility index (Phi) is 8.29. The molecule has 1 aliphatic carbocycles. The quantitative estimate of drug-likeness (QED) is 0.487. The summed E-state index contributed by atoms with van der Waals surface area (Å²) in [6.45, 7) is 2.10. The first-order valence-corrected chi connectivity index (χ1v) is 10.1. The first-order valence-electron chi connectivity index (χ1n) is 10.1. The Bertz CT molecular complexity index is 659. The molecular formula is C21H31N3O4. The number of benzene rings is 1. The van der Waals surface area contributed by atoms with Gasteiger partial charge < -0.3 is 21.1 Å². The summed E-state index contributed by atoms with van der Waals surface area (Å²) in [6, 6.07) is 8.75. The normalized spacial score (nSPS) is 16.6. The van der Waals surface area contributed by atoms with E-state index in [1.54, 1.807) is 37.3 Å². The zero-order valence-corrected chi connectivity index (χ0v) is 16.5. The van der Waals surface area contributed by atoms with E-state index in [1.165, 1.54) is 6.42 Å². The van der Waals surface area contributed by atoms with Crippen molar-refractivity contribution in [3.05, 3.63) is 35.9 Å². The van der Waals surface area contributed by atoms with Gasteiger partial charge in [-0.1, -0.05) is 56.5 Å². The molecule has 7 heteroatoms. The minimum absolute atomic E-state index is 0.144. The van der Waals surface area contributed by atoms with Crippen LogP contribution in [-0.2, 0) is 15.1 Å². The summed E-state index contributed by atoms with van der Waals surface area (Å²) >= 11 is 0. The van der Waals surface area contributed by atoms with Crippen LogP contribution in [0.5, 0.6) is 0 Å². The zero-order chi connectivity index (χ0) is 20.4. The molecule has 0 saturated heterocycles. The second kappa shape index (κ2) is 10.7. The maximum Gasteiger partial charge on any atom is 0.334 e. The van der Waals surface area contributed by atoms with Crippen LogP contribution in [0, 0.1) is 0 Å². The van der Waals surface area contributed by atoms with Gasteiger partial charge in [0.15, 0.2) is 5.54 Å². The number of amides is 3. The predicted molar refractivity (Wildman–Crippen MR) is 107 cm³/mol. The number of rotatable bonds is 9. The van der Waals surface area contributed by atoms with Gasteiger partial charge in [0.05, 0.1) is 0 Å². The second-order valence-electron chi connectivity index (χ2n) is 7.32. The maximum atomic E-state index is 12.4. The lowest BCUT2D eigenvalue weighted by atomic mass is 9.87. The molecule has 2 rings (SSSR count). The van der Waals surface area contributed by atoms with Crippen molar-refractivity contribution in [3.63, 3.8) is 0 Å². The summed E-state index contributed by atoms with van der Waals surface area (Å²) in [7, 11) is 0. The van der Waals surface area contributed by atoms with E-state index in [1.807, 2.05) is 0 Å². The second-order valence-corrected chi connectivity index (χ2v) is 7.32. The van der Waals surface area contributed by atoms with Crippen LogP contribution < -0.4 is 16.0 Å². The first kappa shape index (κ1) is 21.7. The molecule has 4 N–H and O–H groups in total. The molecule has 1 aliphatic rings. The Morgan fingerprint density at radius 2 is 1.79 bits per heavy atom. The van der Waals surface area contributed by atoms with Gasteiger partial charge >= 0.3 is 12.0 Å². The van der Waals surface area contributed by atoms with Crippen molar-refractivity contribution in [1.82, 2.24) is 16.0 Å². The van der Waals surface area contributed by atoms with Gasteiger partial charge in [0.2, 0.25) is 5.91 Å². The van der Waals surface area contributed by atoms with E-state index < -0.39 is 11.5 Å². The average molecular weight is 389 g/mol. The third kappa shape index (κ3) is 5.97. The van der Waals surface area contributed by atoms with E-state index in [9.17, 15) is 19.5 Å². The van der Waals surface area contributed by atoms with Crippen LogP contribution in [-0.4, -0.2) is 35.6 Å². The highest BCUT2D eigenvalue weighted by atomic mass is 16.4. The first-order chi connectivity index (χ1) is 13.5. The monoisotopic (exact) mass is 389 g/mol. The van der Waals surface area contributed by atoms with Gasteiger partial charge in [0.1, 0.15) is 0 Å². The van der Waals surface area contributed by atoms with Crippen LogP contribution in [0.2, 0.25) is 0 Å². The SMILES string of the molecule is CCC(NC(=O)CCCNC(=O)NC1CCCCC1)(C(=O)O)c1ccccc1. The minimum atomic E-state index is -1.44. The Hall–Kier alpha value is -2.57. The molecule has 1 fully saturated rings. The number of aliphatic carboxylic acids is 1. The number of carboxylic acid groups (broad SMARTS) is 1. The molecule has 1 unspecified atom stereocenters. The lowest BCUT2D eigenvalue weighted by Crippen LogP contribution is -2.51. The van der Waals surface area contributed by atoms with Crippen molar-refractivity contribution in [2.24, 2.45) is 0 Å². The molecule has 1 atom stereocenters. The Morgan fingerprint density at radius 3 is 2.39 bits per heavy atom. The summed E-state index contributed by atoms with van der Waals surface area (Å²) in [5.41, 5.74) is -0.896. The molecule has 0 bridgehead atoms. The fourth-order valence-electron chi connectivity index (χ4n) is 3.65. The molecule has 0 aliphatic heterocycles. The van der Waals surface area contributed by atoms with Gasteiger partial charge in [0, 0.05) is 19.0 Å². The summed E-state index contributed by atoms with van der Waals surface area (Å²) in [4.78, 5) is 36.2. The molecule has 0 aromatic heterocycles. The molecule has 1 aromatic carbocycles. The van der Waals surface area contributed by atoms with Crippen molar-refractivity contribution < 1.29 is 19.5 Å². The number of urea groups is 1. The van der Waals surface area contributed by atoms with Crippen molar-refractivity contribution in [3.8, 4) is 0 Å². The van der Waals surface area contributed by atoms with Crippen LogP contribution in [0.4, 0.5) is 4.79 Å². The molecule has 1 saturated carbocycles. The molecular weight excluding hydrogens is 358 g/mol. The highest BCUT2D eigenvalue weighted by Crippen LogP contribution is 2.25. The standard InChI is InChI=1S/C21H31N3O4/c1-2-21(19(26)27,16-10-5-3-6-11-16)24-18(25)14-9-15-22-20(28)23-17-12-7-4-8-13-17/h3,5-6,10-11,17H,2,4,7-9,12-15H2,1H3,(H,24,25)(H,26,27)(H2,22,23,28). The van der Waals surface area contributed by atoms with Crippen molar-refractivity contribution in [2.75, 3.05) is 6.54 Å². The van der Waals surface area contributed by atoms with Crippen LogP contribution in [0.15, 0.2) is 30.3 Å². The molecule has 154 valence electrons. The third-order valence-corrected chi connectivity index (χ3v) is 5.32. The summed E-state index contributed by atoms with van der Waals surface area (Å²) in [5, 5.41) is 18.2.